The first-order chi connectivity index (χ1) is 10.3. The zero-order valence-corrected chi connectivity index (χ0v) is 14.2. The Kier molecular flexibility index (Phi) is 4.95. The maximum atomic E-state index is 5.26. The molecule has 0 saturated heterocycles. The number of nitrogens with one attached hydrogen (secondary N) is 1. The highest BCUT2D eigenvalue weighted by atomic mass is 79.9. The maximum absolute atomic E-state index is 5.26. The van der Waals surface area contributed by atoms with E-state index in [0.29, 0.717) is 6.54 Å². The van der Waals surface area contributed by atoms with Crippen LogP contribution in [0.1, 0.15) is 11.3 Å². The van der Waals surface area contributed by atoms with Gasteiger partial charge in [0.2, 0.25) is 5.13 Å². The lowest BCUT2D eigenvalue weighted by Crippen LogP contribution is -1.96. The van der Waals surface area contributed by atoms with Gasteiger partial charge in [0.25, 0.3) is 0 Å². The fourth-order valence-electron chi connectivity index (χ4n) is 1.69. The molecule has 0 radical (unpaired) electrons. The molecule has 21 heavy (non-hydrogen) atoms. The van der Waals surface area contributed by atoms with E-state index in [9.17, 15) is 0 Å². The Morgan fingerprint density at radius 2 is 2.19 bits per heavy atom. The van der Waals surface area contributed by atoms with Gasteiger partial charge in [-0.25, -0.2) is 0 Å². The van der Waals surface area contributed by atoms with Crippen LogP contribution in [0, 0.1) is 0 Å². The number of aromatic nitrogens is 2. The monoisotopic (exact) mass is 381 g/mol. The summed E-state index contributed by atoms with van der Waals surface area (Å²) in [5.41, 5.74) is 1.26. The predicted octanol–water partition coefficient (Wildman–Crippen LogP) is 4.80. The summed E-state index contributed by atoms with van der Waals surface area (Å²) in [6, 6.07) is 12.1. The molecule has 1 aromatic carbocycles. The molecule has 1 N–H and O–H groups in total. The average molecular weight is 382 g/mol. The summed E-state index contributed by atoms with van der Waals surface area (Å²) in [5, 5.41) is 12.3. The summed E-state index contributed by atoms with van der Waals surface area (Å²) in [6.07, 6.45) is 1.66. The van der Waals surface area contributed by atoms with Gasteiger partial charge in [0.05, 0.1) is 12.8 Å². The molecule has 4 nitrogen and oxygen atoms in total. The average Bonchev–Trinajstić information content (AvgIpc) is 3.15. The third-order valence-corrected chi connectivity index (χ3v) is 5.23. The molecule has 0 saturated carbocycles. The Hall–Kier alpha value is -1.31. The standard InChI is InChI=1S/C14H12BrN3OS2/c15-11-4-1-3-10(7-11)9-20-14-18-17-13(21-14)16-8-12-5-2-6-19-12/h1-7H,8-9H2,(H,16,17). The van der Waals surface area contributed by atoms with Gasteiger partial charge in [-0.1, -0.05) is 51.2 Å². The fourth-order valence-corrected chi connectivity index (χ4v) is 3.82. The van der Waals surface area contributed by atoms with Gasteiger partial charge in [0.15, 0.2) is 4.34 Å². The van der Waals surface area contributed by atoms with E-state index in [2.05, 4.69) is 43.6 Å². The van der Waals surface area contributed by atoms with Gasteiger partial charge < -0.3 is 9.73 Å². The minimum absolute atomic E-state index is 0.623. The van der Waals surface area contributed by atoms with Gasteiger partial charge in [-0.05, 0) is 29.8 Å². The molecule has 0 atom stereocenters. The minimum Gasteiger partial charge on any atom is -0.467 e. The van der Waals surface area contributed by atoms with Crippen LogP contribution < -0.4 is 5.32 Å². The van der Waals surface area contributed by atoms with E-state index in [4.69, 9.17) is 4.42 Å². The van der Waals surface area contributed by atoms with E-state index >= 15 is 0 Å². The van der Waals surface area contributed by atoms with E-state index in [1.807, 2.05) is 24.3 Å². The summed E-state index contributed by atoms with van der Waals surface area (Å²) >= 11 is 6.72. The van der Waals surface area contributed by atoms with Gasteiger partial charge in [0, 0.05) is 10.2 Å². The van der Waals surface area contributed by atoms with E-state index in [0.717, 1.165) is 25.5 Å². The largest absolute Gasteiger partial charge is 0.467 e. The Labute approximate surface area is 139 Å². The lowest BCUT2D eigenvalue weighted by atomic mass is 10.2. The molecular formula is C14H12BrN3OS2. The summed E-state index contributed by atoms with van der Waals surface area (Å²) in [6.45, 7) is 0.623. The highest BCUT2D eigenvalue weighted by Gasteiger charge is 2.06. The van der Waals surface area contributed by atoms with Crippen molar-refractivity contribution in [3.05, 3.63) is 58.5 Å². The van der Waals surface area contributed by atoms with E-state index in [1.165, 1.54) is 5.56 Å². The lowest BCUT2D eigenvalue weighted by molar-refractivity contribution is 0.518. The lowest BCUT2D eigenvalue weighted by Gasteiger charge is -1.99. The third-order valence-electron chi connectivity index (χ3n) is 2.65. The number of halogens is 1. The smallest absolute Gasteiger partial charge is 0.206 e. The van der Waals surface area contributed by atoms with E-state index < -0.39 is 0 Å². The quantitative estimate of drug-likeness (QED) is 0.621. The molecule has 0 aliphatic rings. The molecule has 0 spiro atoms. The van der Waals surface area contributed by atoms with Crippen LogP contribution in [0.2, 0.25) is 0 Å². The van der Waals surface area contributed by atoms with Crippen LogP contribution in [0.5, 0.6) is 0 Å². The van der Waals surface area contributed by atoms with Crippen molar-refractivity contribution in [3.63, 3.8) is 0 Å². The van der Waals surface area contributed by atoms with Crippen LogP contribution in [0.15, 0.2) is 55.9 Å². The van der Waals surface area contributed by atoms with Gasteiger partial charge in [0.1, 0.15) is 5.76 Å². The SMILES string of the molecule is Brc1cccc(CSc2nnc(NCc3ccco3)s2)c1. The van der Waals surface area contributed by atoms with Crippen LogP contribution in [0.25, 0.3) is 0 Å². The summed E-state index contributed by atoms with van der Waals surface area (Å²) in [5.74, 6) is 1.76. The second-order valence-electron chi connectivity index (χ2n) is 4.22. The maximum Gasteiger partial charge on any atom is 0.206 e. The highest BCUT2D eigenvalue weighted by Crippen LogP contribution is 2.29. The molecule has 0 aliphatic heterocycles. The number of rotatable bonds is 6. The molecule has 0 fully saturated rings. The summed E-state index contributed by atoms with van der Waals surface area (Å²) in [4.78, 5) is 0. The summed E-state index contributed by atoms with van der Waals surface area (Å²) < 4.78 is 7.31. The number of nitrogens with zero attached hydrogens (tertiary/aromatic N) is 2. The minimum atomic E-state index is 0.623. The molecule has 7 heteroatoms. The van der Waals surface area contributed by atoms with Crippen molar-refractivity contribution >= 4 is 44.2 Å². The van der Waals surface area contributed by atoms with Gasteiger partial charge in [-0.15, -0.1) is 10.2 Å². The van der Waals surface area contributed by atoms with Crippen molar-refractivity contribution in [3.8, 4) is 0 Å². The van der Waals surface area contributed by atoms with Crippen molar-refractivity contribution in [2.45, 2.75) is 16.6 Å². The third kappa shape index (κ3) is 4.33. The molecule has 0 bridgehead atoms. The molecule has 3 aromatic rings. The number of furan rings is 1. The van der Waals surface area contributed by atoms with Gasteiger partial charge in [-0.3, -0.25) is 0 Å². The number of hydrogen-bond donors (Lipinski definition) is 1. The number of anilines is 1. The number of hydrogen-bond acceptors (Lipinski definition) is 6. The summed E-state index contributed by atoms with van der Waals surface area (Å²) in [7, 11) is 0. The van der Waals surface area contributed by atoms with Crippen LogP contribution in [0.4, 0.5) is 5.13 Å². The van der Waals surface area contributed by atoms with Gasteiger partial charge in [-0.2, -0.15) is 0 Å². The number of benzene rings is 1. The molecule has 2 heterocycles. The Bertz CT molecular complexity index is 700. The van der Waals surface area contributed by atoms with Crippen LogP contribution in [-0.4, -0.2) is 10.2 Å². The highest BCUT2D eigenvalue weighted by molar-refractivity contribution is 9.10. The fraction of sp³-hybridized carbons (Fsp3) is 0.143. The first-order valence-electron chi connectivity index (χ1n) is 6.26. The second kappa shape index (κ2) is 7.11. The predicted molar refractivity (Wildman–Crippen MR) is 89.6 cm³/mol. The van der Waals surface area contributed by atoms with Crippen molar-refractivity contribution in [1.29, 1.82) is 0 Å². The molecule has 0 amide bonds. The van der Waals surface area contributed by atoms with E-state index in [-0.39, 0.29) is 0 Å². The van der Waals surface area contributed by atoms with Crippen LogP contribution in [-0.2, 0) is 12.3 Å². The molecule has 2 aromatic heterocycles. The van der Waals surface area contributed by atoms with Gasteiger partial charge >= 0.3 is 0 Å². The molecule has 3 rings (SSSR count). The van der Waals surface area contributed by atoms with Crippen LogP contribution in [0.3, 0.4) is 0 Å². The van der Waals surface area contributed by atoms with Crippen molar-refractivity contribution < 1.29 is 4.42 Å². The first-order valence-corrected chi connectivity index (χ1v) is 8.86. The Morgan fingerprint density at radius 1 is 1.24 bits per heavy atom. The normalized spacial score (nSPS) is 10.7. The van der Waals surface area contributed by atoms with Crippen LogP contribution >= 0.6 is 39.0 Å². The second-order valence-corrected chi connectivity index (χ2v) is 7.34. The number of thioether (sulfide) groups is 1. The van der Waals surface area contributed by atoms with Crippen molar-refractivity contribution in [2.24, 2.45) is 0 Å². The Morgan fingerprint density at radius 3 is 3.00 bits per heavy atom. The van der Waals surface area contributed by atoms with E-state index in [1.54, 1.807) is 29.4 Å². The molecule has 0 aliphatic carbocycles. The first kappa shape index (κ1) is 14.6. The molecule has 108 valence electrons. The molecule has 0 unspecified atom stereocenters. The van der Waals surface area contributed by atoms with Crippen molar-refractivity contribution in [2.75, 3.05) is 5.32 Å². The Balaban J connectivity index is 1.53. The zero-order chi connectivity index (χ0) is 14.5. The van der Waals surface area contributed by atoms with Crippen molar-refractivity contribution in [1.82, 2.24) is 10.2 Å². The zero-order valence-electron chi connectivity index (χ0n) is 11.0. The molecular weight excluding hydrogens is 370 g/mol. The topological polar surface area (TPSA) is 51.0 Å².